The summed E-state index contributed by atoms with van der Waals surface area (Å²) >= 11 is 1.31. The zero-order valence-corrected chi connectivity index (χ0v) is 19.1. The minimum Gasteiger partial charge on any atom is -0.492 e. The van der Waals surface area contributed by atoms with E-state index in [1.54, 1.807) is 24.0 Å². The summed E-state index contributed by atoms with van der Waals surface area (Å²) in [7, 11) is 1.85. The lowest BCUT2D eigenvalue weighted by atomic mass is 10.1. The van der Waals surface area contributed by atoms with Crippen LogP contribution >= 0.6 is 11.9 Å². The molecule has 33 heavy (non-hydrogen) atoms. The number of nitrogens with zero attached hydrogens (tertiary/aromatic N) is 2. The molecule has 0 atom stereocenters. The second kappa shape index (κ2) is 9.06. The van der Waals surface area contributed by atoms with E-state index in [-0.39, 0.29) is 19.0 Å². The predicted octanol–water partition coefficient (Wildman–Crippen LogP) is 5.66. The lowest BCUT2D eigenvalue weighted by Crippen LogP contribution is -2.26. The van der Waals surface area contributed by atoms with Gasteiger partial charge in [0, 0.05) is 18.8 Å². The number of likely N-dealkylation sites (N-methyl/N-ethyl adjacent to an activating group) is 1. The fourth-order valence-corrected chi connectivity index (χ4v) is 4.63. The first kappa shape index (κ1) is 23.7. The van der Waals surface area contributed by atoms with Gasteiger partial charge in [-0.2, -0.15) is 13.2 Å². The third-order valence-electron chi connectivity index (χ3n) is 5.75. The first-order valence-corrected chi connectivity index (χ1v) is 11.4. The van der Waals surface area contributed by atoms with Gasteiger partial charge < -0.3 is 14.4 Å². The molecule has 4 rings (SSSR count). The molecule has 0 unspecified atom stereocenters. The number of fused-ring (bicyclic) bond motifs is 1. The zero-order chi connectivity index (χ0) is 23.8. The van der Waals surface area contributed by atoms with Crippen molar-refractivity contribution >= 4 is 29.3 Å². The summed E-state index contributed by atoms with van der Waals surface area (Å²) in [5.74, 6) is -1.18. The maximum atomic E-state index is 14.0. The molecule has 0 amide bonds. The Labute approximate surface area is 193 Å². The first-order valence-electron chi connectivity index (χ1n) is 10.6. The molecule has 2 aromatic rings. The third-order valence-corrected chi connectivity index (χ3v) is 6.77. The topological polar surface area (TPSA) is 42.0 Å². The fraction of sp³-hybridized carbons (Fsp3) is 0.435. The van der Waals surface area contributed by atoms with Crippen molar-refractivity contribution in [3.63, 3.8) is 0 Å². The van der Waals surface area contributed by atoms with Crippen LogP contribution < -0.4 is 9.64 Å². The smallest absolute Gasteiger partial charge is 0.420 e. The molecule has 1 aliphatic heterocycles. The summed E-state index contributed by atoms with van der Waals surface area (Å²) in [5.41, 5.74) is -0.842. The van der Waals surface area contributed by atoms with Crippen LogP contribution in [0.5, 0.6) is 5.75 Å². The molecule has 1 aliphatic carbocycles. The van der Waals surface area contributed by atoms with Crippen molar-refractivity contribution in [2.45, 2.75) is 30.8 Å². The largest absolute Gasteiger partial charge is 0.492 e. The Hall–Kier alpha value is -2.46. The Balaban J connectivity index is 1.72. The highest BCUT2D eigenvalue weighted by molar-refractivity contribution is 7.97. The van der Waals surface area contributed by atoms with Crippen LogP contribution in [0.25, 0.3) is 0 Å². The monoisotopic (exact) mass is 484 g/mol. The molecule has 5 nitrogen and oxygen atoms in total. The van der Waals surface area contributed by atoms with Crippen LogP contribution in [0.4, 0.5) is 28.9 Å². The maximum Gasteiger partial charge on any atom is 0.420 e. The molecule has 0 spiro atoms. The van der Waals surface area contributed by atoms with Gasteiger partial charge in [0.2, 0.25) is 0 Å². The fourth-order valence-electron chi connectivity index (χ4n) is 3.70. The second-order valence-electron chi connectivity index (χ2n) is 8.17. The first-order chi connectivity index (χ1) is 15.6. The van der Waals surface area contributed by atoms with E-state index in [2.05, 4.69) is 0 Å². The van der Waals surface area contributed by atoms with E-state index in [0.717, 1.165) is 6.07 Å². The summed E-state index contributed by atoms with van der Waals surface area (Å²) in [6.07, 6.45) is -3.62. The number of ether oxygens (including phenoxy) is 2. The molecule has 2 aromatic carbocycles. The minimum atomic E-state index is -4.66. The summed E-state index contributed by atoms with van der Waals surface area (Å²) in [6.45, 7) is 2.71. The number of benzene rings is 2. The summed E-state index contributed by atoms with van der Waals surface area (Å²) in [6, 6.07) is 8.10. The van der Waals surface area contributed by atoms with Crippen LogP contribution in [-0.2, 0) is 15.7 Å². The van der Waals surface area contributed by atoms with Gasteiger partial charge in [-0.3, -0.25) is 4.79 Å². The molecule has 1 saturated carbocycles. The molecule has 10 heteroatoms. The number of halogens is 4. The maximum absolute atomic E-state index is 14.0. The van der Waals surface area contributed by atoms with E-state index in [0.29, 0.717) is 42.2 Å². The summed E-state index contributed by atoms with van der Waals surface area (Å²) in [5, 5.41) is 0. The minimum absolute atomic E-state index is 0.171. The molecular weight excluding hydrogens is 460 g/mol. The summed E-state index contributed by atoms with van der Waals surface area (Å²) < 4.78 is 68.2. The molecule has 0 radical (unpaired) electrons. The molecular formula is C23H24F4N2O3S. The van der Waals surface area contributed by atoms with Crippen LogP contribution in [0.15, 0.2) is 41.3 Å². The van der Waals surface area contributed by atoms with Crippen LogP contribution in [0.1, 0.15) is 25.3 Å². The molecule has 0 aromatic heterocycles. The van der Waals surface area contributed by atoms with Crippen molar-refractivity contribution in [1.29, 1.82) is 0 Å². The van der Waals surface area contributed by atoms with Gasteiger partial charge in [0.25, 0.3) is 0 Å². The summed E-state index contributed by atoms with van der Waals surface area (Å²) in [4.78, 5) is 14.5. The Morgan fingerprint density at radius 2 is 1.85 bits per heavy atom. The van der Waals surface area contributed by atoms with Gasteiger partial charge in [-0.25, -0.2) is 8.70 Å². The van der Waals surface area contributed by atoms with E-state index in [1.807, 2.05) is 11.4 Å². The van der Waals surface area contributed by atoms with E-state index < -0.39 is 28.9 Å². The molecule has 178 valence electrons. The van der Waals surface area contributed by atoms with Crippen molar-refractivity contribution in [3.05, 3.63) is 47.8 Å². The SMILES string of the molecule is CCOC(=O)C1(COc2cc3c(cc2C(F)(F)F)N(c2ccc(F)cc2)CCN(C)S3)CC1. The van der Waals surface area contributed by atoms with Gasteiger partial charge >= 0.3 is 12.1 Å². The highest BCUT2D eigenvalue weighted by atomic mass is 32.2. The standard InChI is InChI=1S/C23H24F4N2O3S/c1-3-31-21(30)22(8-9-22)14-32-19-13-20-18(12-17(19)23(25,26)27)29(11-10-28(2)33-20)16-6-4-15(24)5-7-16/h4-7,12-13H,3,8-11,14H2,1-2H3. The van der Waals surface area contributed by atoms with Gasteiger partial charge in [0.05, 0.1) is 22.8 Å². The van der Waals surface area contributed by atoms with Crippen LogP contribution in [0, 0.1) is 11.2 Å². The quantitative estimate of drug-likeness (QED) is 0.300. The highest BCUT2D eigenvalue weighted by Gasteiger charge is 2.52. The van der Waals surface area contributed by atoms with Crippen molar-refractivity contribution in [2.75, 3.05) is 38.3 Å². The number of rotatable bonds is 6. The van der Waals surface area contributed by atoms with Crippen molar-refractivity contribution in [1.82, 2.24) is 4.31 Å². The average Bonchev–Trinajstić information content (AvgIpc) is 3.56. The Bertz CT molecular complexity index is 1030. The lowest BCUT2D eigenvalue weighted by molar-refractivity contribution is -0.151. The number of hydrogen-bond donors (Lipinski definition) is 0. The number of anilines is 2. The van der Waals surface area contributed by atoms with Crippen molar-refractivity contribution in [3.8, 4) is 5.75 Å². The normalized spacial score (nSPS) is 17.8. The second-order valence-corrected chi connectivity index (χ2v) is 9.42. The third kappa shape index (κ3) is 5.06. The predicted molar refractivity (Wildman–Crippen MR) is 117 cm³/mol. The van der Waals surface area contributed by atoms with E-state index >= 15 is 0 Å². The Morgan fingerprint density at radius 1 is 1.15 bits per heavy atom. The Morgan fingerprint density at radius 3 is 2.45 bits per heavy atom. The molecule has 0 N–H and O–H groups in total. The van der Waals surface area contributed by atoms with Crippen LogP contribution in [-0.4, -0.2) is 43.6 Å². The van der Waals surface area contributed by atoms with E-state index in [1.165, 1.54) is 30.1 Å². The van der Waals surface area contributed by atoms with Gasteiger partial charge in [0.15, 0.2) is 0 Å². The Kier molecular flexibility index (Phi) is 6.50. The van der Waals surface area contributed by atoms with Crippen molar-refractivity contribution in [2.24, 2.45) is 5.41 Å². The molecule has 1 heterocycles. The van der Waals surface area contributed by atoms with E-state index in [4.69, 9.17) is 9.47 Å². The highest BCUT2D eigenvalue weighted by Crippen LogP contribution is 2.50. The number of alkyl halides is 3. The van der Waals surface area contributed by atoms with E-state index in [9.17, 15) is 22.4 Å². The number of hydrogen-bond acceptors (Lipinski definition) is 6. The van der Waals surface area contributed by atoms with Gasteiger partial charge in [-0.05, 0) is 75.2 Å². The molecule has 0 saturated heterocycles. The van der Waals surface area contributed by atoms with Crippen LogP contribution in [0.2, 0.25) is 0 Å². The van der Waals surface area contributed by atoms with Gasteiger partial charge in [-0.15, -0.1) is 0 Å². The molecule has 0 bridgehead atoms. The van der Waals surface area contributed by atoms with Crippen molar-refractivity contribution < 1.29 is 31.8 Å². The van der Waals surface area contributed by atoms with Gasteiger partial charge in [0.1, 0.15) is 23.6 Å². The number of carbonyl (C=O) groups excluding carboxylic acids is 1. The zero-order valence-electron chi connectivity index (χ0n) is 18.2. The number of carbonyl (C=O) groups is 1. The lowest BCUT2D eigenvalue weighted by Gasteiger charge is -2.26. The van der Waals surface area contributed by atoms with Crippen LogP contribution in [0.3, 0.4) is 0 Å². The van der Waals surface area contributed by atoms with Gasteiger partial charge in [-0.1, -0.05) is 0 Å². The number of esters is 1. The molecule has 1 fully saturated rings. The molecule has 2 aliphatic rings. The average molecular weight is 485 g/mol.